The number of halogens is 1. The maximum Gasteiger partial charge on any atom is 0.293 e. The van der Waals surface area contributed by atoms with Crippen LogP contribution in [-0.2, 0) is 9.53 Å². The summed E-state index contributed by atoms with van der Waals surface area (Å²) in [4.78, 5) is 19.5. The van der Waals surface area contributed by atoms with Gasteiger partial charge >= 0.3 is 0 Å². The minimum Gasteiger partial charge on any atom is -0.468 e. The number of rotatable bonds is 4. The van der Waals surface area contributed by atoms with Crippen molar-refractivity contribution in [1.29, 1.82) is 0 Å². The fourth-order valence-corrected chi connectivity index (χ4v) is 1.66. The molecule has 1 aromatic rings. The van der Waals surface area contributed by atoms with Gasteiger partial charge in [0.2, 0.25) is 0 Å². The van der Waals surface area contributed by atoms with Gasteiger partial charge in [0.15, 0.2) is 0 Å². The molecule has 0 amide bonds. The summed E-state index contributed by atoms with van der Waals surface area (Å²) in [5.74, 6) is 0.360. The number of nitro benzene ring substituents is 1. The molecule has 1 aromatic carbocycles. The largest absolute Gasteiger partial charge is 0.468 e. The van der Waals surface area contributed by atoms with Crippen LogP contribution in [0.5, 0.6) is 0 Å². The van der Waals surface area contributed by atoms with E-state index in [0.29, 0.717) is 24.0 Å². The minimum atomic E-state index is -0.343. The second kappa shape index (κ2) is 6.96. The molecule has 2 rings (SSSR count). The topological polar surface area (TPSA) is 69.4 Å². The van der Waals surface area contributed by atoms with E-state index in [1.807, 2.05) is 0 Å². The Bertz CT molecular complexity index is 432. The summed E-state index contributed by atoms with van der Waals surface area (Å²) < 4.78 is 4.15. The molecule has 1 aliphatic rings. The summed E-state index contributed by atoms with van der Waals surface area (Å²) in [5.41, 5.74) is 0.990. The highest BCUT2D eigenvalue weighted by Crippen LogP contribution is 2.44. The lowest BCUT2D eigenvalue weighted by molar-refractivity contribution is -0.385. The molecule has 1 saturated carbocycles. The molecule has 0 heterocycles. The lowest BCUT2D eigenvalue weighted by Crippen LogP contribution is -1.93. The first-order chi connectivity index (χ1) is 8.60. The van der Waals surface area contributed by atoms with E-state index < -0.39 is 0 Å². The van der Waals surface area contributed by atoms with Crippen LogP contribution in [0, 0.1) is 10.1 Å². The molecular formula is C12H14ClNO4. The second-order valence-electron chi connectivity index (χ2n) is 3.79. The number of benzene rings is 1. The molecule has 0 spiro atoms. The van der Waals surface area contributed by atoms with Crippen LogP contribution in [0.25, 0.3) is 0 Å². The van der Waals surface area contributed by atoms with Gasteiger partial charge in [-0.3, -0.25) is 14.9 Å². The molecule has 6 heteroatoms. The van der Waals surface area contributed by atoms with Crippen molar-refractivity contribution in [3.8, 4) is 0 Å². The first-order valence-corrected chi connectivity index (χ1v) is 5.97. The minimum absolute atomic E-state index is 0.201. The highest BCUT2D eigenvalue weighted by molar-refractivity contribution is 6.30. The van der Waals surface area contributed by atoms with E-state index >= 15 is 0 Å². The van der Waals surface area contributed by atoms with E-state index in [2.05, 4.69) is 4.74 Å². The van der Waals surface area contributed by atoms with Crippen molar-refractivity contribution in [2.24, 2.45) is 0 Å². The molecule has 98 valence electrons. The molecule has 0 N–H and O–H groups in total. The van der Waals surface area contributed by atoms with Crippen molar-refractivity contribution in [1.82, 2.24) is 0 Å². The van der Waals surface area contributed by atoms with E-state index in [0.717, 1.165) is 18.4 Å². The SMILES string of the molecule is CCOC=O.O=[N+]([O-])c1ccc(Cl)cc1C1CC1. The van der Waals surface area contributed by atoms with Gasteiger partial charge in [-0.1, -0.05) is 11.6 Å². The van der Waals surface area contributed by atoms with Crippen molar-refractivity contribution in [2.45, 2.75) is 25.7 Å². The lowest BCUT2D eigenvalue weighted by atomic mass is 10.1. The molecule has 0 aromatic heterocycles. The van der Waals surface area contributed by atoms with Crippen molar-refractivity contribution >= 4 is 23.8 Å². The molecule has 18 heavy (non-hydrogen) atoms. The molecule has 0 radical (unpaired) electrons. The molecule has 1 fully saturated rings. The van der Waals surface area contributed by atoms with E-state index in [-0.39, 0.29) is 10.6 Å². The average Bonchev–Trinajstić information content (AvgIpc) is 3.14. The van der Waals surface area contributed by atoms with Crippen molar-refractivity contribution in [2.75, 3.05) is 6.61 Å². The zero-order valence-corrected chi connectivity index (χ0v) is 10.7. The van der Waals surface area contributed by atoms with E-state index in [9.17, 15) is 14.9 Å². The van der Waals surface area contributed by atoms with Gasteiger partial charge in [-0.05, 0) is 37.8 Å². The standard InChI is InChI=1S/C9H8ClNO2.C3H6O2/c10-7-3-4-9(11(12)13)8(5-7)6-1-2-6;1-2-5-3-4/h3-6H,1-2H2;3H,2H2,1H3. The Morgan fingerprint density at radius 3 is 2.61 bits per heavy atom. The average molecular weight is 272 g/mol. The van der Waals surface area contributed by atoms with E-state index in [4.69, 9.17) is 11.6 Å². The predicted octanol–water partition coefficient (Wildman–Crippen LogP) is 3.30. The molecular weight excluding hydrogens is 258 g/mol. The Hall–Kier alpha value is -1.62. The quantitative estimate of drug-likeness (QED) is 0.479. The summed E-state index contributed by atoms with van der Waals surface area (Å²) in [7, 11) is 0. The van der Waals surface area contributed by atoms with Crippen LogP contribution >= 0.6 is 11.6 Å². The summed E-state index contributed by atoms with van der Waals surface area (Å²) >= 11 is 5.77. The van der Waals surface area contributed by atoms with Gasteiger partial charge in [-0.2, -0.15) is 0 Å². The number of hydrogen-bond donors (Lipinski definition) is 0. The Balaban J connectivity index is 0.000000280. The van der Waals surface area contributed by atoms with Gasteiger partial charge in [0.05, 0.1) is 11.5 Å². The number of carbonyl (C=O) groups excluding carboxylic acids is 1. The van der Waals surface area contributed by atoms with Gasteiger partial charge in [-0.15, -0.1) is 0 Å². The molecule has 0 aliphatic heterocycles. The molecule has 0 bridgehead atoms. The third-order valence-corrected chi connectivity index (χ3v) is 2.67. The predicted molar refractivity (Wildman–Crippen MR) is 67.8 cm³/mol. The maximum absolute atomic E-state index is 10.6. The zero-order chi connectivity index (χ0) is 13.5. The highest BCUT2D eigenvalue weighted by Gasteiger charge is 2.30. The highest BCUT2D eigenvalue weighted by atomic mass is 35.5. The van der Waals surface area contributed by atoms with Crippen LogP contribution in [0.2, 0.25) is 5.02 Å². The first-order valence-electron chi connectivity index (χ1n) is 5.59. The normalized spacial score (nSPS) is 13.2. The third-order valence-electron chi connectivity index (χ3n) is 2.44. The molecule has 5 nitrogen and oxygen atoms in total. The van der Waals surface area contributed by atoms with Crippen LogP contribution in [-0.4, -0.2) is 18.0 Å². The first kappa shape index (κ1) is 14.4. The number of hydrogen-bond acceptors (Lipinski definition) is 4. The number of nitrogens with zero attached hydrogens (tertiary/aromatic N) is 1. The molecule has 1 aliphatic carbocycles. The second-order valence-corrected chi connectivity index (χ2v) is 4.22. The van der Waals surface area contributed by atoms with E-state index in [1.165, 1.54) is 6.07 Å². The monoisotopic (exact) mass is 271 g/mol. The Kier molecular flexibility index (Phi) is 5.58. The number of ether oxygens (including phenoxy) is 1. The van der Waals surface area contributed by atoms with Gasteiger partial charge in [0.1, 0.15) is 0 Å². The van der Waals surface area contributed by atoms with Gasteiger partial charge in [0, 0.05) is 16.7 Å². The fourth-order valence-electron chi connectivity index (χ4n) is 1.48. The van der Waals surface area contributed by atoms with Crippen LogP contribution in [0.4, 0.5) is 5.69 Å². The third kappa shape index (κ3) is 4.33. The molecule has 0 unspecified atom stereocenters. The smallest absolute Gasteiger partial charge is 0.293 e. The van der Waals surface area contributed by atoms with Gasteiger partial charge in [-0.25, -0.2) is 0 Å². The summed E-state index contributed by atoms with van der Waals surface area (Å²) in [6, 6.07) is 4.75. The number of carbonyl (C=O) groups is 1. The number of nitro groups is 1. The lowest BCUT2D eigenvalue weighted by Gasteiger charge is -2.00. The summed E-state index contributed by atoms with van der Waals surface area (Å²) in [6.45, 7) is 2.66. The van der Waals surface area contributed by atoms with Crippen molar-refractivity contribution in [3.05, 3.63) is 38.9 Å². The van der Waals surface area contributed by atoms with Gasteiger partial charge < -0.3 is 4.74 Å². The Labute approximate surface area is 110 Å². The molecule has 0 atom stereocenters. The summed E-state index contributed by atoms with van der Waals surface area (Å²) in [6.07, 6.45) is 2.09. The van der Waals surface area contributed by atoms with Gasteiger partial charge in [0.25, 0.3) is 12.2 Å². The maximum atomic E-state index is 10.6. The van der Waals surface area contributed by atoms with Crippen LogP contribution in [0.1, 0.15) is 31.2 Å². The van der Waals surface area contributed by atoms with Crippen molar-refractivity contribution in [3.63, 3.8) is 0 Å². The summed E-state index contributed by atoms with van der Waals surface area (Å²) in [5, 5.41) is 11.2. The zero-order valence-electron chi connectivity index (χ0n) is 9.97. The van der Waals surface area contributed by atoms with Crippen LogP contribution < -0.4 is 0 Å². The molecule has 0 saturated heterocycles. The van der Waals surface area contributed by atoms with E-state index in [1.54, 1.807) is 19.1 Å². The Morgan fingerprint density at radius 1 is 1.56 bits per heavy atom. The fraction of sp³-hybridized carbons (Fsp3) is 0.417. The van der Waals surface area contributed by atoms with Crippen LogP contribution in [0.3, 0.4) is 0 Å². The Morgan fingerprint density at radius 2 is 2.22 bits per heavy atom. The van der Waals surface area contributed by atoms with Crippen molar-refractivity contribution < 1.29 is 14.5 Å². The van der Waals surface area contributed by atoms with Crippen LogP contribution in [0.15, 0.2) is 18.2 Å².